The lowest BCUT2D eigenvalue weighted by Gasteiger charge is -2.35. The molecule has 1 aromatic rings. The predicted molar refractivity (Wildman–Crippen MR) is 72.9 cm³/mol. The van der Waals surface area contributed by atoms with Crippen molar-refractivity contribution in [3.8, 4) is 0 Å². The van der Waals surface area contributed by atoms with Gasteiger partial charge in [-0.1, -0.05) is 13.5 Å². The van der Waals surface area contributed by atoms with Crippen molar-refractivity contribution in [2.75, 3.05) is 10.2 Å². The second-order valence-corrected chi connectivity index (χ2v) is 4.51. The Labute approximate surface area is 116 Å². The molecule has 1 heterocycles. The van der Waals surface area contributed by atoms with Gasteiger partial charge in [-0.05, 0) is 31.5 Å². The molecule has 0 saturated heterocycles. The van der Waals surface area contributed by atoms with Crippen LogP contribution in [-0.4, -0.2) is 18.0 Å². The van der Waals surface area contributed by atoms with Crippen molar-refractivity contribution in [2.24, 2.45) is 0 Å². The quantitative estimate of drug-likeness (QED) is 0.846. The first-order chi connectivity index (χ1) is 9.43. The summed E-state index contributed by atoms with van der Waals surface area (Å²) in [5.74, 6) is -0.623. The van der Waals surface area contributed by atoms with Gasteiger partial charge in [0.15, 0.2) is 0 Å². The molecule has 0 aliphatic carbocycles. The van der Waals surface area contributed by atoms with Gasteiger partial charge in [0.1, 0.15) is 11.9 Å². The number of carbonyl (C=O) groups is 2. The van der Waals surface area contributed by atoms with Gasteiger partial charge in [-0.3, -0.25) is 9.69 Å². The molecule has 0 fully saturated rings. The fourth-order valence-corrected chi connectivity index (χ4v) is 2.10. The normalized spacial score (nSPS) is 17.2. The fraction of sp³-hybridized carbons (Fsp3) is 0.286. The van der Waals surface area contributed by atoms with Gasteiger partial charge in [0.05, 0.1) is 17.1 Å². The van der Waals surface area contributed by atoms with E-state index in [0.717, 1.165) is 4.90 Å². The zero-order chi connectivity index (χ0) is 14.9. The molecule has 0 unspecified atom stereocenters. The number of halogens is 1. The molecule has 1 atom stereocenters. The molecule has 0 saturated carbocycles. The Morgan fingerprint density at radius 3 is 2.85 bits per heavy atom. The van der Waals surface area contributed by atoms with Crippen LogP contribution >= 0.6 is 0 Å². The summed E-state index contributed by atoms with van der Waals surface area (Å²) in [6.45, 7) is 6.77. The van der Waals surface area contributed by atoms with Crippen LogP contribution in [0.4, 0.5) is 20.6 Å². The lowest BCUT2D eigenvalue weighted by Crippen LogP contribution is -2.50. The highest BCUT2D eigenvalue weighted by atomic mass is 19.1. The minimum Gasteiger partial charge on any atom is -0.415 e. The maximum atomic E-state index is 13.4. The van der Waals surface area contributed by atoms with E-state index in [1.54, 1.807) is 6.92 Å². The van der Waals surface area contributed by atoms with Crippen molar-refractivity contribution in [3.63, 3.8) is 0 Å². The summed E-state index contributed by atoms with van der Waals surface area (Å²) >= 11 is 0. The molecule has 1 aromatic carbocycles. The molecule has 106 valence electrons. The maximum absolute atomic E-state index is 13.4. The SMILES string of the molecule is C=C(C)OC(=O)N1c2cc(F)ccc2NC(=O)[C@@H]1CC. The summed E-state index contributed by atoms with van der Waals surface area (Å²) in [6.07, 6.45) is -0.362. The van der Waals surface area contributed by atoms with Gasteiger partial charge >= 0.3 is 6.09 Å². The topological polar surface area (TPSA) is 58.6 Å². The average molecular weight is 278 g/mol. The van der Waals surface area contributed by atoms with Crippen LogP contribution in [0.25, 0.3) is 0 Å². The van der Waals surface area contributed by atoms with Crippen LogP contribution in [0.2, 0.25) is 0 Å². The van der Waals surface area contributed by atoms with Gasteiger partial charge in [0.25, 0.3) is 0 Å². The minimum atomic E-state index is -0.744. The molecular formula is C14H15FN2O3. The van der Waals surface area contributed by atoms with E-state index in [2.05, 4.69) is 11.9 Å². The Morgan fingerprint density at radius 1 is 1.55 bits per heavy atom. The van der Waals surface area contributed by atoms with Crippen molar-refractivity contribution in [3.05, 3.63) is 36.4 Å². The Bertz CT molecular complexity index is 586. The van der Waals surface area contributed by atoms with E-state index in [0.29, 0.717) is 12.1 Å². The molecular weight excluding hydrogens is 263 g/mol. The largest absolute Gasteiger partial charge is 0.420 e. The smallest absolute Gasteiger partial charge is 0.415 e. The van der Waals surface area contributed by atoms with E-state index in [1.165, 1.54) is 25.1 Å². The third-order valence-corrected chi connectivity index (χ3v) is 2.94. The Kier molecular flexibility index (Phi) is 3.74. The highest BCUT2D eigenvalue weighted by Crippen LogP contribution is 2.34. The van der Waals surface area contributed by atoms with Gasteiger partial charge in [-0.15, -0.1) is 0 Å². The standard InChI is InChI=1S/C14H15FN2O3/c1-4-11-13(18)16-10-6-5-9(15)7-12(10)17(11)14(19)20-8(2)3/h5-7,11H,2,4H2,1,3H3,(H,16,18)/t11-/m0/s1. The zero-order valence-electron chi connectivity index (χ0n) is 11.3. The number of nitrogens with one attached hydrogen (secondary N) is 1. The molecule has 20 heavy (non-hydrogen) atoms. The van der Waals surface area contributed by atoms with Crippen LogP contribution in [0.3, 0.4) is 0 Å². The number of benzene rings is 1. The third kappa shape index (κ3) is 2.49. The highest BCUT2D eigenvalue weighted by Gasteiger charge is 2.37. The second-order valence-electron chi connectivity index (χ2n) is 4.51. The molecule has 6 heteroatoms. The number of anilines is 2. The van der Waals surface area contributed by atoms with E-state index in [1.807, 2.05) is 0 Å². The fourth-order valence-electron chi connectivity index (χ4n) is 2.10. The van der Waals surface area contributed by atoms with Crippen molar-refractivity contribution >= 4 is 23.4 Å². The maximum Gasteiger partial charge on any atom is 0.420 e. The summed E-state index contributed by atoms with van der Waals surface area (Å²) < 4.78 is 18.4. The predicted octanol–water partition coefficient (Wildman–Crippen LogP) is 3.03. The summed E-state index contributed by atoms with van der Waals surface area (Å²) in [7, 11) is 0. The Hall–Kier alpha value is -2.37. The van der Waals surface area contributed by atoms with Crippen molar-refractivity contribution in [2.45, 2.75) is 26.3 Å². The van der Waals surface area contributed by atoms with Gasteiger partial charge in [-0.25, -0.2) is 9.18 Å². The van der Waals surface area contributed by atoms with Gasteiger partial charge in [0, 0.05) is 0 Å². The van der Waals surface area contributed by atoms with Crippen LogP contribution in [0.5, 0.6) is 0 Å². The molecule has 0 radical (unpaired) electrons. The van der Waals surface area contributed by atoms with Crippen LogP contribution in [0.1, 0.15) is 20.3 Å². The molecule has 1 aliphatic heterocycles. The summed E-state index contributed by atoms with van der Waals surface area (Å²) in [5.41, 5.74) is 0.655. The highest BCUT2D eigenvalue weighted by molar-refractivity contribution is 6.10. The average Bonchev–Trinajstić information content (AvgIpc) is 2.36. The third-order valence-electron chi connectivity index (χ3n) is 2.94. The lowest BCUT2D eigenvalue weighted by atomic mass is 10.1. The molecule has 0 aromatic heterocycles. The molecule has 1 N–H and O–H groups in total. The molecule has 0 bridgehead atoms. The van der Waals surface area contributed by atoms with E-state index in [-0.39, 0.29) is 17.4 Å². The molecule has 0 spiro atoms. The number of nitrogens with zero attached hydrogens (tertiary/aromatic N) is 1. The van der Waals surface area contributed by atoms with Gasteiger partial charge < -0.3 is 10.1 Å². The number of rotatable bonds is 2. The first kappa shape index (κ1) is 14.0. The summed E-state index contributed by atoms with van der Waals surface area (Å²) in [6, 6.07) is 3.08. The summed E-state index contributed by atoms with van der Waals surface area (Å²) in [4.78, 5) is 25.3. The number of hydrogen-bond acceptors (Lipinski definition) is 3. The molecule has 5 nitrogen and oxygen atoms in total. The first-order valence-electron chi connectivity index (χ1n) is 6.21. The van der Waals surface area contributed by atoms with E-state index in [9.17, 15) is 14.0 Å². The number of ether oxygens (including phenoxy) is 1. The van der Waals surface area contributed by atoms with Crippen molar-refractivity contribution in [1.82, 2.24) is 0 Å². The second kappa shape index (κ2) is 5.32. The molecule has 2 amide bonds. The Balaban J connectivity index is 2.49. The van der Waals surface area contributed by atoms with E-state index >= 15 is 0 Å². The van der Waals surface area contributed by atoms with Gasteiger partial charge in [-0.2, -0.15) is 0 Å². The first-order valence-corrected chi connectivity index (χ1v) is 6.21. The number of hydrogen-bond donors (Lipinski definition) is 1. The minimum absolute atomic E-state index is 0.203. The van der Waals surface area contributed by atoms with Crippen LogP contribution in [-0.2, 0) is 9.53 Å². The van der Waals surface area contributed by atoms with Crippen LogP contribution < -0.4 is 10.2 Å². The zero-order valence-corrected chi connectivity index (χ0v) is 11.3. The van der Waals surface area contributed by atoms with Crippen LogP contribution in [0.15, 0.2) is 30.5 Å². The number of allylic oxidation sites excluding steroid dienone is 1. The molecule has 1 aliphatic rings. The van der Waals surface area contributed by atoms with Crippen molar-refractivity contribution in [1.29, 1.82) is 0 Å². The van der Waals surface area contributed by atoms with E-state index < -0.39 is 18.0 Å². The lowest BCUT2D eigenvalue weighted by molar-refractivity contribution is -0.117. The van der Waals surface area contributed by atoms with Crippen LogP contribution in [0, 0.1) is 5.82 Å². The molecule has 2 rings (SSSR count). The number of fused-ring (bicyclic) bond motifs is 1. The van der Waals surface area contributed by atoms with Crippen molar-refractivity contribution < 1.29 is 18.7 Å². The Morgan fingerprint density at radius 2 is 2.25 bits per heavy atom. The number of amides is 2. The summed E-state index contributed by atoms with van der Waals surface area (Å²) in [5, 5.41) is 2.65. The van der Waals surface area contributed by atoms with E-state index in [4.69, 9.17) is 4.74 Å². The number of carbonyl (C=O) groups excluding carboxylic acids is 2. The van der Waals surface area contributed by atoms with Gasteiger partial charge in [0.2, 0.25) is 5.91 Å². The monoisotopic (exact) mass is 278 g/mol.